The number of carbonyl (C=O) groups excluding carboxylic acids is 1. The number of hydrogen-bond donors (Lipinski definition) is 0. The van der Waals surface area contributed by atoms with Gasteiger partial charge in [0, 0.05) is 12.5 Å². The Morgan fingerprint density at radius 3 is 2.68 bits per heavy atom. The molecule has 1 aromatic heterocycles. The van der Waals surface area contributed by atoms with Gasteiger partial charge in [-0.25, -0.2) is 0 Å². The standard InChI is InChI=1S/C23H24N4O3S/c1-4-14-29-19-13-9-7-11-17(19)22-27(15(3)28)18-12-8-6-10-16(18)20-21(30-22)24-23(26-25-20)31-5-2/h6-13,22H,4-5,14H2,1-3H3/t22-/m0/s1. The zero-order valence-electron chi connectivity index (χ0n) is 17.7. The zero-order chi connectivity index (χ0) is 21.8. The van der Waals surface area contributed by atoms with Crippen LogP contribution in [0.4, 0.5) is 5.69 Å². The number of amides is 1. The van der Waals surface area contributed by atoms with Gasteiger partial charge >= 0.3 is 0 Å². The monoisotopic (exact) mass is 436 g/mol. The quantitative estimate of drug-likeness (QED) is 0.510. The Morgan fingerprint density at radius 2 is 1.90 bits per heavy atom. The van der Waals surface area contributed by atoms with Gasteiger partial charge < -0.3 is 9.47 Å². The van der Waals surface area contributed by atoms with Gasteiger partial charge in [-0.3, -0.25) is 9.69 Å². The van der Waals surface area contributed by atoms with Crippen LogP contribution in [0.1, 0.15) is 39.0 Å². The molecule has 0 fully saturated rings. The van der Waals surface area contributed by atoms with Crippen LogP contribution in [0.25, 0.3) is 11.3 Å². The van der Waals surface area contributed by atoms with E-state index in [9.17, 15) is 4.79 Å². The van der Waals surface area contributed by atoms with Crippen LogP contribution in [0.15, 0.2) is 53.7 Å². The second-order valence-corrected chi connectivity index (χ2v) is 8.17. The van der Waals surface area contributed by atoms with Crippen molar-refractivity contribution in [2.75, 3.05) is 17.3 Å². The van der Waals surface area contributed by atoms with Crippen molar-refractivity contribution in [1.82, 2.24) is 15.2 Å². The third kappa shape index (κ3) is 4.20. The number of aromatic nitrogens is 3. The summed E-state index contributed by atoms with van der Waals surface area (Å²) >= 11 is 1.48. The fourth-order valence-electron chi connectivity index (χ4n) is 3.47. The Bertz CT molecular complexity index is 1090. The van der Waals surface area contributed by atoms with Crippen molar-refractivity contribution in [3.63, 3.8) is 0 Å². The zero-order valence-corrected chi connectivity index (χ0v) is 18.6. The lowest BCUT2D eigenvalue weighted by Gasteiger charge is -2.30. The van der Waals surface area contributed by atoms with E-state index in [1.165, 1.54) is 18.7 Å². The lowest BCUT2D eigenvalue weighted by molar-refractivity contribution is -0.118. The van der Waals surface area contributed by atoms with E-state index in [2.05, 4.69) is 22.1 Å². The number of rotatable bonds is 6. The van der Waals surface area contributed by atoms with Crippen molar-refractivity contribution >= 4 is 23.4 Å². The van der Waals surface area contributed by atoms with Gasteiger partial charge in [-0.2, -0.15) is 4.98 Å². The first-order valence-corrected chi connectivity index (χ1v) is 11.3. The summed E-state index contributed by atoms with van der Waals surface area (Å²) < 4.78 is 12.4. The molecule has 0 spiro atoms. The molecule has 1 atom stereocenters. The molecule has 160 valence electrons. The minimum atomic E-state index is -0.760. The van der Waals surface area contributed by atoms with E-state index in [1.807, 2.05) is 55.5 Å². The second kappa shape index (κ2) is 9.34. The number of nitrogens with zero attached hydrogens (tertiary/aromatic N) is 4. The third-order valence-corrected chi connectivity index (χ3v) is 5.49. The van der Waals surface area contributed by atoms with Crippen LogP contribution in [0.2, 0.25) is 0 Å². The summed E-state index contributed by atoms with van der Waals surface area (Å²) in [7, 11) is 0. The molecule has 1 amide bonds. The lowest BCUT2D eigenvalue weighted by atomic mass is 10.1. The molecule has 2 aromatic carbocycles. The fourth-order valence-corrected chi connectivity index (χ4v) is 3.98. The molecule has 0 saturated heterocycles. The normalized spacial score (nSPS) is 14.8. The number of benzene rings is 2. The van der Waals surface area contributed by atoms with Crippen LogP contribution >= 0.6 is 11.8 Å². The minimum Gasteiger partial charge on any atom is -0.493 e. The van der Waals surface area contributed by atoms with E-state index < -0.39 is 6.23 Å². The van der Waals surface area contributed by atoms with Gasteiger partial charge in [0.05, 0.1) is 17.9 Å². The highest BCUT2D eigenvalue weighted by Crippen LogP contribution is 2.44. The highest BCUT2D eigenvalue weighted by atomic mass is 32.2. The maximum Gasteiger partial charge on any atom is 0.247 e. The molecular formula is C23H24N4O3S. The van der Waals surface area contributed by atoms with Crippen LogP contribution < -0.4 is 14.4 Å². The predicted molar refractivity (Wildman–Crippen MR) is 120 cm³/mol. The van der Waals surface area contributed by atoms with Gasteiger partial charge in [-0.1, -0.05) is 55.9 Å². The largest absolute Gasteiger partial charge is 0.493 e. The van der Waals surface area contributed by atoms with E-state index in [-0.39, 0.29) is 5.91 Å². The van der Waals surface area contributed by atoms with Crippen molar-refractivity contribution in [1.29, 1.82) is 0 Å². The predicted octanol–water partition coefficient (Wildman–Crippen LogP) is 4.88. The van der Waals surface area contributed by atoms with Gasteiger partial charge in [-0.05, 0) is 30.4 Å². The van der Waals surface area contributed by atoms with Gasteiger partial charge in [0.15, 0.2) is 5.69 Å². The average Bonchev–Trinajstić information content (AvgIpc) is 2.92. The van der Waals surface area contributed by atoms with E-state index in [1.54, 1.807) is 4.90 Å². The fraction of sp³-hybridized carbons (Fsp3) is 0.304. The van der Waals surface area contributed by atoms with Gasteiger partial charge in [0.25, 0.3) is 0 Å². The summed E-state index contributed by atoms with van der Waals surface area (Å²) in [5.74, 6) is 1.67. The SMILES string of the molecule is CCCOc1ccccc1[C@@H]1Oc2nc(SCC)nnc2-c2ccccc2N1C(C)=O. The molecule has 0 N–H and O–H groups in total. The lowest BCUT2D eigenvalue weighted by Crippen LogP contribution is -2.36. The average molecular weight is 437 g/mol. The topological polar surface area (TPSA) is 77.4 Å². The number of fused-ring (bicyclic) bond motifs is 3. The first-order valence-electron chi connectivity index (χ1n) is 10.3. The highest BCUT2D eigenvalue weighted by Gasteiger charge is 2.35. The van der Waals surface area contributed by atoms with Gasteiger partial charge in [0.1, 0.15) is 5.75 Å². The molecule has 0 radical (unpaired) electrons. The van der Waals surface area contributed by atoms with Crippen LogP contribution in [-0.2, 0) is 4.79 Å². The molecule has 0 aliphatic carbocycles. The van der Waals surface area contributed by atoms with E-state index in [4.69, 9.17) is 9.47 Å². The van der Waals surface area contributed by atoms with E-state index in [0.29, 0.717) is 34.8 Å². The van der Waals surface area contributed by atoms with Gasteiger partial charge in [-0.15, -0.1) is 10.2 Å². The van der Waals surface area contributed by atoms with Crippen molar-refractivity contribution in [2.24, 2.45) is 0 Å². The Hall–Kier alpha value is -3.13. The molecule has 31 heavy (non-hydrogen) atoms. The molecule has 0 unspecified atom stereocenters. The van der Waals surface area contributed by atoms with Gasteiger partial charge in [0.2, 0.25) is 23.2 Å². The molecule has 2 heterocycles. The molecule has 1 aliphatic heterocycles. The molecule has 3 aromatic rings. The van der Waals surface area contributed by atoms with Crippen molar-refractivity contribution < 1.29 is 14.3 Å². The first kappa shape index (κ1) is 21.1. The Morgan fingerprint density at radius 1 is 1.13 bits per heavy atom. The first-order chi connectivity index (χ1) is 15.1. The number of carbonyl (C=O) groups is 1. The summed E-state index contributed by atoms with van der Waals surface area (Å²) in [6.07, 6.45) is 0.112. The molecule has 1 aliphatic rings. The van der Waals surface area contributed by atoms with Crippen molar-refractivity contribution in [3.8, 4) is 22.9 Å². The third-order valence-electron chi connectivity index (χ3n) is 4.77. The summed E-state index contributed by atoms with van der Waals surface area (Å²) in [5.41, 5.74) is 2.69. The number of anilines is 1. The summed E-state index contributed by atoms with van der Waals surface area (Å²) in [4.78, 5) is 19.1. The summed E-state index contributed by atoms with van der Waals surface area (Å²) in [6, 6.07) is 15.2. The molecule has 0 bridgehead atoms. The molecule has 0 saturated carbocycles. The highest BCUT2D eigenvalue weighted by molar-refractivity contribution is 7.99. The van der Waals surface area contributed by atoms with Crippen LogP contribution in [0, 0.1) is 0 Å². The number of ether oxygens (including phenoxy) is 2. The number of thioether (sulfide) groups is 1. The van der Waals surface area contributed by atoms with Crippen molar-refractivity contribution in [2.45, 2.75) is 38.6 Å². The Kier molecular flexibility index (Phi) is 6.36. The summed E-state index contributed by atoms with van der Waals surface area (Å²) in [5, 5.41) is 9.18. The van der Waals surface area contributed by atoms with E-state index in [0.717, 1.165) is 23.3 Å². The minimum absolute atomic E-state index is 0.160. The Balaban J connectivity index is 1.92. The number of hydrogen-bond acceptors (Lipinski definition) is 7. The number of para-hydroxylation sites is 2. The maximum atomic E-state index is 12.9. The van der Waals surface area contributed by atoms with Crippen LogP contribution in [0.5, 0.6) is 11.6 Å². The van der Waals surface area contributed by atoms with Crippen LogP contribution in [0.3, 0.4) is 0 Å². The smallest absolute Gasteiger partial charge is 0.247 e. The second-order valence-electron chi connectivity index (χ2n) is 6.94. The van der Waals surface area contributed by atoms with Crippen molar-refractivity contribution in [3.05, 3.63) is 54.1 Å². The molecule has 4 rings (SSSR count). The summed E-state index contributed by atoms with van der Waals surface area (Å²) in [6.45, 7) is 6.17. The maximum absolute atomic E-state index is 12.9. The van der Waals surface area contributed by atoms with E-state index >= 15 is 0 Å². The van der Waals surface area contributed by atoms with Crippen LogP contribution in [-0.4, -0.2) is 33.4 Å². The molecule has 7 nitrogen and oxygen atoms in total. The molecule has 8 heteroatoms. The Labute approximate surface area is 185 Å². The molecular weight excluding hydrogens is 412 g/mol.